The van der Waals surface area contributed by atoms with E-state index in [1.165, 1.54) is 20.3 Å². The number of urea groups is 1. The molecular formula is C24H29N5O6S. The number of amides is 2. The van der Waals surface area contributed by atoms with Crippen LogP contribution in [-0.2, 0) is 42.7 Å². The molecule has 1 aliphatic carbocycles. The van der Waals surface area contributed by atoms with Crippen LogP contribution in [0.4, 0.5) is 10.5 Å². The number of carbonyl (C=O) groups excluding carboxylic acids is 1. The fraction of sp³-hybridized carbons (Fsp3) is 0.375. The van der Waals surface area contributed by atoms with Gasteiger partial charge >= 0.3 is 6.03 Å². The number of aromatic nitrogens is 2. The molecule has 36 heavy (non-hydrogen) atoms. The summed E-state index contributed by atoms with van der Waals surface area (Å²) < 4.78 is 43.8. The largest absolute Gasteiger partial charge is 0.481 e. The summed E-state index contributed by atoms with van der Waals surface area (Å²) >= 11 is 0. The number of anilines is 1. The Bertz CT molecular complexity index is 1340. The highest BCUT2D eigenvalue weighted by atomic mass is 32.2. The van der Waals surface area contributed by atoms with E-state index in [2.05, 4.69) is 31.9 Å². The van der Waals surface area contributed by atoms with E-state index in [-0.39, 0.29) is 18.2 Å². The Balaban J connectivity index is 1.61. The number of aryl methyl sites for hydroxylation is 1. The molecule has 0 bridgehead atoms. The van der Waals surface area contributed by atoms with Crippen molar-refractivity contribution in [2.24, 2.45) is 4.99 Å². The molecule has 3 N–H and O–H groups in total. The lowest BCUT2D eigenvalue weighted by Gasteiger charge is -2.38. The standard InChI is InChI=1S/C24H29N5O6S/c1-5-15(11-20(25-2)33-3)18-10-9-16-7-6-8-17(16)22(18)26-23(30)29-36(31,32)21-12-19(27-28-21)24(34-4)13-35-14-24/h5,9-12H,2,6-8,13-14H2,1,3-4H3,(H,27,28)(H2,26,29,30)/b15-5+,20-11+. The summed E-state index contributed by atoms with van der Waals surface area (Å²) in [5.74, 6) is 0.307. The van der Waals surface area contributed by atoms with Crippen molar-refractivity contribution in [3.63, 3.8) is 0 Å². The number of carbonyl (C=O) groups is 1. The number of H-pyrrole nitrogens is 1. The van der Waals surface area contributed by atoms with Gasteiger partial charge in [0.2, 0.25) is 5.88 Å². The van der Waals surface area contributed by atoms with Crippen molar-refractivity contribution in [2.45, 2.75) is 36.8 Å². The maximum atomic E-state index is 13.0. The van der Waals surface area contributed by atoms with Crippen LogP contribution in [0.1, 0.15) is 35.7 Å². The van der Waals surface area contributed by atoms with Crippen LogP contribution in [0.5, 0.6) is 0 Å². The van der Waals surface area contributed by atoms with Crippen molar-refractivity contribution in [2.75, 3.05) is 32.8 Å². The zero-order valence-corrected chi connectivity index (χ0v) is 21.2. The molecule has 1 saturated heterocycles. The number of hydrogen-bond acceptors (Lipinski definition) is 8. The van der Waals surface area contributed by atoms with E-state index >= 15 is 0 Å². The highest BCUT2D eigenvalue weighted by Gasteiger charge is 2.43. The molecule has 0 radical (unpaired) electrons. The molecule has 192 valence electrons. The number of ether oxygens (including phenoxy) is 3. The number of rotatable bonds is 9. The summed E-state index contributed by atoms with van der Waals surface area (Å²) in [5.41, 5.74) is 3.72. The van der Waals surface area contributed by atoms with Crippen molar-refractivity contribution < 1.29 is 27.4 Å². The Kier molecular flexibility index (Phi) is 7.29. The predicted octanol–water partition coefficient (Wildman–Crippen LogP) is 2.87. The number of sulfonamides is 1. The third kappa shape index (κ3) is 4.79. The molecule has 4 rings (SSSR count). The summed E-state index contributed by atoms with van der Waals surface area (Å²) in [4.78, 5) is 16.8. The zero-order chi connectivity index (χ0) is 25.9. The molecule has 0 atom stereocenters. The molecule has 11 nitrogen and oxygen atoms in total. The summed E-state index contributed by atoms with van der Waals surface area (Å²) in [6, 6.07) is 4.35. The third-order valence-electron chi connectivity index (χ3n) is 6.40. The lowest BCUT2D eigenvalue weighted by molar-refractivity contribution is -0.204. The van der Waals surface area contributed by atoms with E-state index < -0.39 is 21.7 Å². The van der Waals surface area contributed by atoms with Gasteiger partial charge in [0.15, 0.2) is 10.6 Å². The van der Waals surface area contributed by atoms with Gasteiger partial charge in [-0.25, -0.2) is 14.5 Å². The minimum atomic E-state index is -4.26. The normalized spacial score (nSPS) is 17.2. The van der Waals surface area contributed by atoms with Crippen molar-refractivity contribution in [3.8, 4) is 0 Å². The van der Waals surface area contributed by atoms with Crippen LogP contribution in [0, 0.1) is 0 Å². The third-order valence-corrected chi connectivity index (χ3v) is 7.61. The van der Waals surface area contributed by atoms with Crippen molar-refractivity contribution in [1.29, 1.82) is 0 Å². The molecule has 2 aliphatic rings. The van der Waals surface area contributed by atoms with Gasteiger partial charge in [0.1, 0.15) is 0 Å². The quantitative estimate of drug-likeness (QED) is 0.265. The predicted molar refractivity (Wildman–Crippen MR) is 134 cm³/mol. The van der Waals surface area contributed by atoms with E-state index in [1.54, 1.807) is 6.08 Å². The molecular weight excluding hydrogens is 486 g/mol. The van der Waals surface area contributed by atoms with Gasteiger partial charge in [-0.05, 0) is 49.6 Å². The number of nitrogens with one attached hydrogen (secondary N) is 3. The smallest absolute Gasteiger partial charge is 0.333 e. The number of methoxy groups -OCH3 is 2. The van der Waals surface area contributed by atoms with Crippen LogP contribution in [-0.4, -0.2) is 58.8 Å². The highest BCUT2D eigenvalue weighted by molar-refractivity contribution is 7.90. The number of hydrogen-bond donors (Lipinski definition) is 3. The van der Waals surface area contributed by atoms with Crippen LogP contribution in [0.3, 0.4) is 0 Å². The van der Waals surface area contributed by atoms with Crippen LogP contribution in [0.25, 0.3) is 5.57 Å². The minimum absolute atomic E-state index is 0.273. The second-order valence-electron chi connectivity index (χ2n) is 8.44. The first-order chi connectivity index (χ1) is 17.3. The van der Waals surface area contributed by atoms with E-state index in [1.807, 2.05) is 25.1 Å². The lowest BCUT2D eigenvalue weighted by atomic mass is 9.97. The van der Waals surface area contributed by atoms with Gasteiger partial charge < -0.3 is 19.5 Å². The van der Waals surface area contributed by atoms with Crippen molar-refractivity contribution in [3.05, 3.63) is 58.6 Å². The Morgan fingerprint density at radius 1 is 1.31 bits per heavy atom. The fourth-order valence-corrected chi connectivity index (χ4v) is 5.17. The molecule has 1 aliphatic heterocycles. The number of allylic oxidation sites excluding steroid dienone is 3. The molecule has 1 fully saturated rings. The van der Waals surface area contributed by atoms with Gasteiger partial charge in [0.05, 0.1) is 31.7 Å². The molecule has 0 spiro atoms. The van der Waals surface area contributed by atoms with E-state index in [0.29, 0.717) is 22.8 Å². The summed E-state index contributed by atoms with van der Waals surface area (Å²) in [6.45, 7) is 5.89. The van der Waals surface area contributed by atoms with Gasteiger partial charge in [-0.1, -0.05) is 18.2 Å². The maximum Gasteiger partial charge on any atom is 0.333 e. The van der Waals surface area contributed by atoms with Gasteiger partial charge in [-0.15, -0.1) is 0 Å². The van der Waals surface area contributed by atoms with Crippen molar-refractivity contribution in [1.82, 2.24) is 14.9 Å². The van der Waals surface area contributed by atoms with Gasteiger partial charge in [-0.2, -0.15) is 13.5 Å². The molecule has 1 aromatic carbocycles. The van der Waals surface area contributed by atoms with Crippen LogP contribution in [0.2, 0.25) is 0 Å². The monoisotopic (exact) mass is 515 g/mol. The SMILES string of the molecule is C=N/C(=C\C(=C/C)c1ccc2c(c1NC(=O)NS(=O)(=O)c1cc(C3(OC)COC3)[nH]n1)CCC2)OC. The molecule has 2 heterocycles. The van der Waals surface area contributed by atoms with Crippen LogP contribution in [0.15, 0.2) is 46.3 Å². The maximum absolute atomic E-state index is 13.0. The first-order valence-electron chi connectivity index (χ1n) is 11.3. The molecule has 12 heteroatoms. The highest BCUT2D eigenvalue weighted by Crippen LogP contribution is 2.36. The number of benzene rings is 1. The average molecular weight is 516 g/mol. The van der Waals surface area contributed by atoms with Crippen LogP contribution >= 0.6 is 0 Å². The average Bonchev–Trinajstić information content (AvgIpc) is 3.51. The molecule has 2 aromatic rings. The van der Waals surface area contributed by atoms with Gasteiger partial charge in [0, 0.05) is 24.8 Å². The lowest BCUT2D eigenvalue weighted by Crippen LogP contribution is -2.48. The van der Waals surface area contributed by atoms with E-state index in [0.717, 1.165) is 36.0 Å². The van der Waals surface area contributed by atoms with E-state index in [9.17, 15) is 13.2 Å². The van der Waals surface area contributed by atoms with Crippen LogP contribution < -0.4 is 10.0 Å². The first kappa shape index (κ1) is 25.6. The topological polar surface area (TPSA) is 144 Å². The van der Waals surface area contributed by atoms with E-state index in [4.69, 9.17) is 14.2 Å². The summed E-state index contributed by atoms with van der Waals surface area (Å²) in [6.07, 6.45) is 6.12. The first-order valence-corrected chi connectivity index (χ1v) is 12.8. The number of aromatic amines is 1. The molecule has 0 unspecified atom stereocenters. The summed E-state index contributed by atoms with van der Waals surface area (Å²) in [5, 5.41) is 8.99. The van der Waals surface area contributed by atoms with Gasteiger partial charge in [-0.3, -0.25) is 5.10 Å². The zero-order valence-electron chi connectivity index (χ0n) is 20.4. The Labute approximate surface area is 209 Å². The second-order valence-corrected chi connectivity index (χ2v) is 10.1. The molecule has 1 aromatic heterocycles. The molecule has 0 saturated carbocycles. The Morgan fingerprint density at radius 3 is 2.69 bits per heavy atom. The minimum Gasteiger partial charge on any atom is -0.481 e. The summed E-state index contributed by atoms with van der Waals surface area (Å²) in [7, 11) is -1.27. The second kappa shape index (κ2) is 10.2. The van der Waals surface area contributed by atoms with Gasteiger partial charge in [0.25, 0.3) is 10.0 Å². The Morgan fingerprint density at radius 2 is 2.08 bits per heavy atom. The van der Waals surface area contributed by atoms with Crippen molar-refractivity contribution >= 4 is 34.0 Å². The molecule has 2 amide bonds. The number of nitrogens with zero attached hydrogens (tertiary/aromatic N) is 2. The number of fused-ring (bicyclic) bond motifs is 1. The fourth-order valence-electron chi connectivity index (χ4n) is 4.33. The Hall–Kier alpha value is -3.48. The number of aliphatic imine (C=N–C) groups is 1.